The largest absolute Gasteiger partial charge is 0.376 e. The number of hydrogen-bond donors (Lipinski definition) is 2. The Hall–Kier alpha value is -0.900. The van der Waals surface area contributed by atoms with Crippen LogP contribution in [0.15, 0.2) is 18.2 Å². The van der Waals surface area contributed by atoms with E-state index in [1.54, 1.807) is 0 Å². The maximum atomic E-state index is 5.67. The molecule has 3 nitrogen and oxygen atoms in total. The number of rotatable bonds is 6. The molecular formula is C16H26N2O. The average molecular weight is 262 g/mol. The molecule has 0 bridgehead atoms. The number of benzene rings is 1. The van der Waals surface area contributed by atoms with Gasteiger partial charge in [0.05, 0.1) is 12.7 Å². The molecule has 106 valence electrons. The Bertz CT molecular complexity index is 386. The molecule has 0 aliphatic carbocycles. The van der Waals surface area contributed by atoms with Crippen LogP contribution in [0.25, 0.3) is 0 Å². The molecule has 0 spiro atoms. The molecule has 1 aliphatic heterocycles. The van der Waals surface area contributed by atoms with Crippen LogP contribution in [0.2, 0.25) is 0 Å². The molecule has 19 heavy (non-hydrogen) atoms. The van der Waals surface area contributed by atoms with Gasteiger partial charge in [0.1, 0.15) is 0 Å². The van der Waals surface area contributed by atoms with Gasteiger partial charge in [0, 0.05) is 13.1 Å². The van der Waals surface area contributed by atoms with Crippen LogP contribution in [0.3, 0.4) is 0 Å². The molecule has 1 aromatic rings. The zero-order chi connectivity index (χ0) is 13.5. The topological polar surface area (TPSA) is 33.3 Å². The Kier molecular flexibility index (Phi) is 5.83. The van der Waals surface area contributed by atoms with Gasteiger partial charge in [0.25, 0.3) is 0 Å². The van der Waals surface area contributed by atoms with Crippen molar-refractivity contribution >= 4 is 0 Å². The van der Waals surface area contributed by atoms with Crippen LogP contribution >= 0.6 is 0 Å². The normalized spacial score (nSPS) is 19.6. The zero-order valence-electron chi connectivity index (χ0n) is 12.2. The molecule has 0 amide bonds. The minimum Gasteiger partial charge on any atom is -0.376 e. The SMILES string of the molecule is Cc1ccc(CCNCCC2CNCCO2)c(C)c1. The summed E-state index contributed by atoms with van der Waals surface area (Å²) in [4.78, 5) is 0. The maximum absolute atomic E-state index is 5.67. The molecular weight excluding hydrogens is 236 g/mol. The molecule has 2 N–H and O–H groups in total. The van der Waals surface area contributed by atoms with E-state index in [1.807, 2.05) is 0 Å². The van der Waals surface area contributed by atoms with Gasteiger partial charge >= 0.3 is 0 Å². The quantitative estimate of drug-likeness (QED) is 0.767. The van der Waals surface area contributed by atoms with Gasteiger partial charge in [-0.2, -0.15) is 0 Å². The lowest BCUT2D eigenvalue weighted by molar-refractivity contribution is 0.0239. The third-order valence-corrected chi connectivity index (χ3v) is 3.72. The number of morpholine rings is 1. The van der Waals surface area contributed by atoms with Crippen molar-refractivity contribution in [2.24, 2.45) is 0 Å². The van der Waals surface area contributed by atoms with E-state index in [0.717, 1.165) is 45.6 Å². The van der Waals surface area contributed by atoms with Crippen LogP contribution < -0.4 is 10.6 Å². The first-order valence-electron chi connectivity index (χ1n) is 7.35. The van der Waals surface area contributed by atoms with Crippen molar-refractivity contribution in [2.45, 2.75) is 32.8 Å². The van der Waals surface area contributed by atoms with E-state index in [9.17, 15) is 0 Å². The van der Waals surface area contributed by atoms with E-state index >= 15 is 0 Å². The van der Waals surface area contributed by atoms with Gasteiger partial charge in [0.15, 0.2) is 0 Å². The van der Waals surface area contributed by atoms with Crippen molar-refractivity contribution in [3.05, 3.63) is 34.9 Å². The third-order valence-electron chi connectivity index (χ3n) is 3.72. The first-order valence-corrected chi connectivity index (χ1v) is 7.35. The molecule has 1 aromatic carbocycles. The Morgan fingerprint density at radius 1 is 1.32 bits per heavy atom. The summed E-state index contributed by atoms with van der Waals surface area (Å²) in [5.74, 6) is 0. The van der Waals surface area contributed by atoms with E-state index < -0.39 is 0 Å². The van der Waals surface area contributed by atoms with Crippen molar-refractivity contribution in [3.63, 3.8) is 0 Å². The lowest BCUT2D eigenvalue weighted by Gasteiger charge is -2.23. The Balaban J connectivity index is 1.61. The highest BCUT2D eigenvalue weighted by atomic mass is 16.5. The Morgan fingerprint density at radius 2 is 2.21 bits per heavy atom. The number of nitrogens with one attached hydrogen (secondary N) is 2. The molecule has 1 atom stereocenters. The summed E-state index contributed by atoms with van der Waals surface area (Å²) < 4.78 is 5.67. The van der Waals surface area contributed by atoms with Gasteiger partial charge in [0.2, 0.25) is 0 Å². The van der Waals surface area contributed by atoms with Gasteiger partial charge in [-0.3, -0.25) is 0 Å². The summed E-state index contributed by atoms with van der Waals surface area (Å²) in [5, 5.41) is 6.88. The van der Waals surface area contributed by atoms with Gasteiger partial charge in [-0.15, -0.1) is 0 Å². The molecule has 1 heterocycles. The summed E-state index contributed by atoms with van der Waals surface area (Å²) in [5.41, 5.74) is 4.20. The molecule has 2 rings (SSSR count). The summed E-state index contributed by atoms with van der Waals surface area (Å²) in [6.07, 6.45) is 2.60. The molecule has 3 heteroatoms. The minimum absolute atomic E-state index is 0.391. The third kappa shape index (κ3) is 4.94. The first-order chi connectivity index (χ1) is 9.25. The second-order valence-electron chi connectivity index (χ2n) is 5.42. The predicted molar refractivity (Wildman–Crippen MR) is 79.7 cm³/mol. The van der Waals surface area contributed by atoms with Crippen molar-refractivity contribution in [2.75, 3.05) is 32.8 Å². The fourth-order valence-corrected chi connectivity index (χ4v) is 2.54. The van der Waals surface area contributed by atoms with Crippen LogP contribution in [0, 0.1) is 13.8 Å². The number of aryl methyl sites for hydroxylation is 2. The van der Waals surface area contributed by atoms with Crippen molar-refractivity contribution < 1.29 is 4.74 Å². The van der Waals surface area contributed by atoms with Crippen molar-refractivity contribution in [1.29, 1.82) is 0 Å². The number of hydrogen-bond acceptors (Lipinski definition) is 3. The van der Waals surface area contributed by atoms with Gasteiger partial charge in [-0.25, -0.2) is 0 Å². The minimum atomic E-state index is 0.391. The first kappa shape index (κ1) is 14.5. The van der Waals surface area contributed by atoms with E-state index in [0.29, 0.717) is 6.10 Å². The lowest BCUT2D eigenvalue weighted by atomic mass is 10.0. The molecule has 0 radical (unpaired) electrons. The van der Waals surface area contributed by atoms with Crippen LogP contribution in [0.1, 0.15) is 23.1 Å². The monoisotopic (exact) mass is 262 g/mol. The lowest BCUT2D eigenvalue weighted by Crippen LogP contribution is -2.40. The van der Waals surface area contributed by atoms with Crippen molar-refractivity contribution in [1.82, 2.24) is 10.6 Å². The zero-order valence-corrected chi connectivity index (χ0v) is 12.2. The van der Waals surface area contributed by atoms with Gasteiger partial charge in [-0.05, 0) is 50.9 Å². The van der Waals surface area contributed by atoms with Gasteiger partial charge < -0.3 is 15.4 Å². The maximum Gasteiger partial charge on any atom is 0.0712 e. The predicted octanol–water partition coefficient (Wildman–Crippen LogP) is 1.81. The number of ether oxygens (including phenoxy) is 1. The van der Waals surface area contributed by atoms with Gasteiger partial charge in [-0.1, -0.05) is 23.8 Å². The fourth-order valence-electron chi connectivity index (χ4n) is 2.54. The molecule has 0 saturated carbocycles. The van der Waals surface area contributed by atoms with Crippen LogP contribution in [0.5, 0.6) is 0 Å². The van der Waals surface area contributed by atoms with Crippen molar-refractivity contribution in [3.8, 4) is 0 Å². The smallest absolute Gasteiger partial charge is 0.0712 e. The highest BCUT2D eigenvalue weighted by Gasteiger charge is 2.12. The van der Waals surface area contributed by atoms with E-state index in [4.69, 9.17) is 4.74 Å². The summed E-state index contributed by atoms with van der Waals surface area (Å²) in [6.45, 7) is 9.28. The fraction of sp³-hybridized carbons (Fsp3) is 0.625. The molecule has 1 unspecified atom stereocenters. The Morgan fingerprint density at radius 3 is 2.95 bits per heavy atom. The molecule has 1 aliphatic rings. The summed E-state index contributed by atoms with van der Waals surface area (Å²) in [7, 11) is 0. The molecule has 0 aromatic heterocycles. The molecule has 1 fully saturated rings. The second kappa shape index (κ2) is 7.63. The highest BCUT2D eigenvalue weighted by molar-refractivity contribution is 5.30. The van der Waals surface area contributed by atoms with Crippen LogP contribution in [-0.2, 0) is 11.2 Å². The average Bonchev–Trinajstić information content (AvgIpc) is 2.42. The van der Waals surface area contributed by atoms with E-state index in [2.05, 4.69) is 42.7 Å². The van der Waals surface area contributed by atoms with E-state index in [1.165, 1.54) is 16.7 Å². The summed E-state index contributed by atoms with van der Waals surface area (Å²) in [6, 6.07) is 6.71. The standard InChI is InChI=1S/C16H26N2O/c1-13-3-4-15(14(2)11-13)5-7-17-8-6-16-12-18-9-10-19-16/h3-4,11,16-18H,5-10,12H2,1-2H3. The van der Waals surface area contributed by atoms with Crippen LogP contribution in [0.4, 0.5) is 0 Å². The summed E-state index contributed by atoms with van der Waals surface area (Å²) >= 11 is 0. The highest BCUT2D eigenvalue weighted by Crippen LogP contribution is 2.10. The Labute approximate surface area is 116 Å². The molecule has 1 saturated heterocycles. The van der Waals surface area contributed by atoms with E-state index in [-0.39, 0.29) is 0 Å². The second-order valence-corrected chi connectivity index (χ2v) is 5.42. The van der Waals surface area contributed by atoms with Crippen LogP contribution in [-0.4, -0.2) is 38.9 Å².